The van der Waals surface area contributed by atoms with Gasteiger partial charge < -0.3 is 14.0 Å². The van der Waals surface area contributed by atoms with Gasteiger partial charge in [-0.1, -0.05) is 47.7 Å². The first-order valence-corrected chi connectivity index (χ1v) is 10.4. The molecule has 4 rings (SSSR count). The zero-order chi connectivity index (χ0) is 20.9. The molecule has 0 spiro atoms. The molecule has 0 saturated carbocycles. The van der Waals surface area contributed by atoms with Crippen molar-refractivity contribution in [2.45, 2.75) is 13.5 Å². The minimum Gasteiger partial charge on any atom is -0.497 e. The smallest absolute Gasteiger partial charge is 0.211 e. The number of aromatic nitrogens is 1. The van der Waals surface area contributed by atoms with E-state index in [2.05, 4.69) is 64.2 Å². The van der Waals surface area contributed by atoms with Gasteiger partial charge >= 0.3 is 0 Å². The molecule has 1 heterocycles. The molecule has 6 heteroatoms. The first-order valence-electron chi connectivity index (χ1n) is 9.61. The van der Waals surface area contributed by atoms with Crippen LogP contribution < -0.4 is 14.3 Å². The van der Waals surface area contributed by atoms with Gasteiger partial charge in [-0.2, -0.15) is 5.10 Å². The van der Waals surface area contributed by atoms with Crippen LogP contribution in [-0.4, -0.2) is 25.0 Å². The highest BCUT2D eigenvalue weighted by Gasteiger charge is 2.08. The number of rotatable bonds is 6. The highest BCUT2D eigenvalue weighted by molar-refractivity contribution is 7.16. The van der Waals surface area contributed by atoms with Gasteiger partial charge in [0, 0.05) is 5.56 Å². The van der Waals surface area contributed by atoms with Crippen LogP contribution in [0.5, 0.6) is 11.5 Å². The van der Waals surface area contributed by atoms with Crippen LogP contribution in [-0.2, 0) is 6.54 Å². The van der Waals surface area contributed by atoms with Crippen molar-refractivity contribution in [3.05, 3.63) is 88.2 Å². The average molecular weight is 418 g/mol. The Bertz CT molecular complexity index is 1260. The van der Waals surface area contributed by atoms with E-state index in [4.69, 9.17) is 9.47 Å². The van der Waals surface area contributed by atoms with Crippen LogP contribution in [0.15, 0.2) is 76.9 Å². The van der Waals surface area contributed by atoms with Crippen LogP contribution in [0.1, 0.15) is 16.7 Å². The van der Waals surface area contributed by atoms with Gasteiger partial charge in [-0.25, -0.2) is 0 Å². The predicted octanol–water partition coefficient (Wildman–Crippen LogP) is 5.01. The fourth-order valence-electron chi connectivity index (χ4n) is 3.26. The Morgan fingerprint density at radius 1 is 0.967 bits per heavy atom. The quantitative estimate of drug-likeness (QED) is 0.327. The fraction of sp³-hybridized carbons (Fsp3) is 0.167. The van der Waals surface area contributed by atoms with Gasteiger partial charge in [0.2, 0.25) is 4.80 Å². The minimum absolute atomic E-state index is 0.721. The summed E-state index contributed by atoms with van der Waals surface area (Å²) >= 11 is 1.64. The summed E-state index contributed by atoms with van der Waals surface area (Å²) in [5.74, 6) is 1.47. The molecule has 0 unspecified atom stereocenters. The van der Waals surface area contributed by atoms with E-state index in [9.17, 15) is 0 Å². The van der Waals surface area contributed by atoms with Crippen LogP contribution in [0.4, 0.5) is 0 Å². The van der Waals surface area contributed by atoms with Crippen molar-refractivity contribution in [1.29, 1.82) is 0 Å². The summed E-state index contributed by atoms with van der Waals surface area (Å²) in [5.41, 5.74) is 4.42. The summed E-state index contributed by atoms with van der Waals surface area (Å²) in [6.07, 6.45) is 1.70. The molecule has 30 heavy (non-hydrogen) atoms. The van der Waals surface area contributed by atoms with Crippen LogP contribution in [0, 0.1) is 6.92 Å². The third-order valence-electron chi connectivity index (χ3n) is 4.80. The SMILES string of the molecule is COc1ccc(OC)c(C=NN=c2sc3cc(C)ccc3n2Cc2ccccc2)c1. The van der Waals surface area contributed by atoms with E-state index in [1.54, 1.807) is 31.8 Å². The maximum atomic E-state index is 5.42. The molecule has 0 atom stereocenters. The number of thiazole rings is 1. The number of methoxy groups -OCH3 is 2. The van der Waals surface area contributed by atoms with Gasteiger partial charge in [-0.15, -0.1) is 5.10 Å². The van der Waals surface area contributed by atoms with E-state index >= 15 is 0 Å². The molecule has 5 nitrogen and oxygen atoms in total. The lowest BCUT2D eigenvalue weighted by Gasteiger charge is -2.06. The summed E-state index contributed by atoms with van der Waals surface area (Å²) < 4.78 is 14.1. The summed E-state index contributed by atoms with van der Waals surface area (Å²) in [6, 6.07) is 22.4. The fourth-order valence-corrected chi connectivity index (χ4v) is 4.34. The van der Waals surface area contributed by atoms with E-state index in [0.717, 1.165) is 33.9 Å². The Morgan fingerprint density at radius 2 is 1.80 bits per heavy atom. The Kier molecular flexibility index (Phi) is 5.95. The molecule has 0 N–H and O–H groups in total. The van der Waals surface area contributed by atoms with Gasteiger partial charge in [-0.3, -0.25) is 0 Å². The lowest BCUT2D eigenvalue weighted by molar-refractivity contribution is 0.402. The number of nitrogens with zero attached hydrogens (tertiary/aromatic N) is 3. The molecular weight excluding hydrogens is 394 g/mol. The number of ether oxygens (including phenoxy) is 2. The summed E-state index contributed by atoms with van der Waals surface area (Å²) in [5, 5.41) is 8.92. The number of benzene rings is 3. The first kappa shape index (κ1) is 19.9. The zero-order valence-corrected chi connectivity index (χ0v) is 18.0. The van der Waals surface area contributed by atoms with E-state index < -0.39 is 0 Å². The normalized spacial score (nSPS) is 12.0. The van der Waals surface area contributed by atoms with Gasteiger partial charge in [0.05, 0.1) is 37.2 Å². The van der Waals surface area contributed by atoms with Crippen molar-refractivity contribution in [2.75, 3.05) is 14.2 Å². The second kappa shape index (κ2) is 8.97. The third-order valence-corrected chi connectivity index (χ3v) is 5.83. The highest BCUT2D eigenvalue weighted by atomic mass is 32.1. The first-order chi connectivity index (χ1) is 14.7. The topological polar surface area (TPSA) is 48.1 Å². The molecule has 3 aromatic carbocycles. The van der Waals surface area contributed by atoms with Crippen LogP contribution in [0.2, 0.25) is 0 Å². The molecule has 0 aliphatic heterocycles. The molecule has 1 aromatic heterocycles. The number of hydrogen-bond acceptors (Lipinski definition) is 5. The minimum atomic E-state index is 0.721. The van der Waals surface area contributed by atoms with E-state index in [0.29, 0.717) is 0 Å². The van der Waals surface area contributed by atoms with Crippen LogP contribution >= 0.6 is 11.3 Å². The number of aryl methyl sites for hydroxylation is 1. The van der Waals surface area contributed by atoms with Crippen molar-refractivity contribution in [2.24, 2.45) is 10.2 Å². The molecule has 0 fully saturated rings. The summed E-state index contributed by atoms with van der Waals surface area (Å²) in [7, 11) is 3.28. The Hall–Kier alpha value is -3.38. The second-order valence-corrected chi connectivity index (χ2v) is 7.89. The predicted molar refractivity (Wildman–Crippen MR) is 123 cm³/mol. The maximum absolute atomic E-state index is 5.42. The number of hydrogen-bond donors (Lipinski definition) is 0. The Labute approximate surface area is 179 Å². The lowest BCUT2D eigenvalue weighted by Crippen LogP contribution is -2.15. The van der Waals surface area contributed by atoms with Crippen molar-refractivity contribution in [1.82, 2.24) is 4.57 Å². The van der Waals surface area contributed by atoms with Gasteiger partial charge in [0.15, 0.2) is 0 Å². The monoisotopic (exact) mass is 417 g/mol. The molecule has 0 saturated heterocycles. The number of fused-ring (bicyclic) bond motifs is 1. The molecule has 0 aliphatic rings. The second-order valence-electron chi connectivity index (χ2n) is 6.88. The Morgan fingerprint density at radius 3 is 2.57 bits per heavy atom. The molecule has 4 aromatic rings. The van der Waals surface area contributed by atoms with Crippen molar-refractivity contribution < 1.29 is 9.47 Å². The molecular formula is C24H23N3O2S. The van der Waals surface area contributed by atoms with E-state index in [1.807, 2.05) is 24.3 Å². The highest BCUT2D eigenvalue weighted by Crippen LogP contribution is 2.23. The van der Waals surface area contributed by atoms with Crippen molar-refractivity contribution >= 4 is 27.8 Å². The van der Waals surface area contributed by atoms with Crippen molar-refractivity contribution in [3.63, 3.8) is 0 Å². The Balaban J connectivity index is 1.77. The lowest BCUT2D eigenvalue weighted by atomic mass is 10.2. The molecule has 0 aliphatic carbocycles. The van der Waals surface area contributed by atoms with Crippen LogP contribution in [0.25, 0.3) is 10.2 Å². The van der Waals surface area contributed by atoms with Gasteiger partial charge in [0.25, 0.3) is 0 Å². The standard InChI is InChI=1S/C24H23N3O2S/c1-17-9-11-21-23(13-17)30-24(27(21)16-18-7-5-4-6-8-18)26-25-15-19-14-20(28-2)10-12-22(19)29-3/h4-15H,16H2,1-3H3. The van der Waals surface area contributed by atoms with Crippen LogP contribution in [0.3, 0.4) is 0 Å². The largest absolute Gasteiger partial charge is 0.497 e. The summed E-state index contributed by atoms with van der Waals surface area (Å²) in [4.78, 5) is 0.845. The summed E-state index contributed by atoms with van der Waals surface area (Å²) in [6.45, 7) is 2.84. The molecule has 0 radical (unpaired) electrons. The zero-order valence-electron chi connectivity index (χ0n) is 17.2. The van der Waals surface area contributed by atoms with E-state index in [1.165, 1.54) is 15.8 Å². The third kappa shape index (κ3) is 4.28. The maximum Gasteiger partial charge on any atom is 0.211 e. The molecule has 0 amide bonds. The van der Waals surface area contributed by atoms with Crippen molar-refractivity contribution in [3.8, 4) is 11.5 Å². The van der Waals surface area contributed by atoms with E-state index in [-0.39, 0.29) is 0 Å². The van der Waals surface area contributed by atoms with Gasteiger partial charge in [0.1, 0.15) is 11.5 Å². The molecule has 0 bridgehead atoms. The molecule has 152 valence electrons. The average Bonchev–Trinajstić information content (AvgIpc) is 3.10. The van der Waals surface area contributed by atoms with Gasteiger partial charge in [-0.05, 0) is 48.4 Å².